The van der Waals surface area contributed by atoms with E-state index in [4.69, 9.17) is 0 Å². The van der Waals surface area contributed by atoms with Crippen LogP contribution < -0.4 is 0 Å². The second kappa shape index (κ2) is 10.0. The topological polar surface area (TPSA) is 63.7 Å². The van der Waals surface area contributed by atoms with Crippen LogP contribution in [0.2, 0.25) is 0 Å². The lowest BCUT2D eigenvalue weighted by atomic mass is 9.90. The summed E-state index contributed by atoms with van der Waals surface area (Å²) in [6.45, 7) is 5.11. The summed E-state index contributed by atoms with van der Waals surface area (Å²) in [4.78, 5) is 3.07. The predicted molar refractivity (Wildman–Crippen MR) is 126 cm³/mol. The Morgan fingerprint density at radius 2 is 1.81 bits per heavy atom. The van der Waals surface area contributed by atoms with Gasteiger partial charge in [0.15, 0.2) is 4.90 Å². The number of likely N-dealkylation sites (tertiary alicyclic amines) is 1. The van der Waals surface area contributed by atoms with Crippen LogP contribution in [0.4, 0.5) is 0 Å². The number of aryl methyl sites for hydroxylation is 1. The zero-order valence-electron chi connectivity index (χ0n) is 18.2. The molecule has 0 spiro atoms. The van der Waals surface area contributed by atoms with Crippen molar-refractivity contribution in [3.8, 4) is 0 Å². The number of rotatable bonds is 6. The quantitative estimate of drug-likeness (QED) is 0.621. The van der Waals surface area contributed by atoms with E-state index < -0.39 is 21.2 Å². The molecule has 1 unspecified atom stereocenters. The molecule has 5 nitrogen and oxygen atoms in total. The van der Waals surface area contributed by atoms with E-state index in [1.807, 2.05) is 31.2 Å². The van der Waals surface area contributed by atoms with Crippen LogP contribution in [0, 0.1) is 12.8 Å². The van der Waals surface area contributed by atoms with Gasteiger partial charge in [-0.15, -0.1) is 0 Å². The molecule has 2 heterocycles. The zero-order chi connectivity index (χ0) is 21.8. The van der Waals surface area contributed by atoms with E-state index in [1.165, 1.54) is 5.56 Å². The van der Waals surface area contributed by atoms with Crippen molar-refractivity contribution in [2.45, 2.75) is 37.6 Å². The van der Waals surface area contributed by atoms with Gasteiger partial charge in [0.25, 0.3) is 0 Å². The normalized spacial score (nSPS) is 21.5. The first-order valence-electron chi connectivity index (χ1n) is 11.1. The van der Waals surface area contributed by atoms with Gasteiger partial charge >= 0.3 is 0 Å². The third kappa shape index (κ3) is 5.90. The Hall–Kier alpha value is -1.38. The fourth-order valence-corrected chi connectivity index (χ4v) is 7.40. The Bertz CT molecular complexity index is 974. The third-order valence-electron chi connectivity index (χ3n) is 6.47. The van der Waals surface area contributed by atoms with Crippen LogP contribution >= 0.6 is 0 Å². The predicted octanol–water partition coefficient (Wildman–Crippen LogP) is 3.20. The average Bonchev–Trinajstić information content (AvgIpc) is 2.93. The van der Waals surface area contributed by atoms with Crippen molar-refractivity contribution in [2.75, 3.05) is 37.7 Å². The second-order valence-electron chi connectivity index (χ2n) is 8.79. The number of piperidine rings is 1. The molecule has 2 aliphatic rings. The Morgan fingerprint density at radius 1 is 1.06 bits per heavy atom. The van der Waals surface area contributed by atoms with Gasteiger partial charge in [-0.3, -0.25) is 0 Å². The first-order valence-corrected chi connectivity index (χ1v) is 14.1. The highest BCUT2D eigenvalue weighted by molar-refractivity contribution is 7.91. The van der Waals surface area contributed by atoms with Crippen LogP contribution in [0.5, 0.6) is 0 Å². The summed E-state index contributed by atoms with van der Waals surface area (Å²) >= 11 is -1.14. The number of hydrogen-bond acceptors (Lipinski definition) is 4. The molecule has 0 N–H and O–H groups in total. The van der Waals surface area contributed by atoms with E-state index >= 15 is 0 Å². The maximum Gasteiger partial charge on any atom is 0.215 e. The molecule has 2 aromatic carbocycles. The Kier molecular flexibility index (Phi) is 7.39. The summed E-state index contributed by atoms with van der Waals surface area (Å²) in [6, 6.07) is 16.4. The smallest absolute Gasteiger partial charge is 0.215 e. The SMILES string of the molecule is Cc1ccc2c(c1)CN(S(=O)(=O)CCN1CCC(Cc3ccccc3)CC1)CC[S+]2[O-]. The first-order chi connectivity index (χ1) is 14.9. The molecule has 0 aliphatic carbocycles. The molecule has 0 saturated carbocycles. The number of nitrogens with zero attached hydrogens (tertiary/aromatic N) is 2. The van der Waals surface area contributed by atoms with Crippen LogP contribution in [0.15, 0.2) is 53.4 Å². The van der Waals surface area contributed by atoms with E-state index in [9.17, 15) is 13.0 Å². The Labute approximate surface area is 189 Å². The van der Waals surface area contributed by atoms with E-state index in [2.05, 4.69) is 29.2 Å². The molecular formula is C24H32N2O3S2. The van der Waals surface area contributed by atoms with Gasteiger partial charge in [-0.1, -0.05) is 42.0 Å². The molecule has 1 saturated heterocycles. The minimum Gasteiger partial charge on any atom is -0.611 e. The summed E-state index contributed by atoms with van der Waals surface area (Å²) < 4.78 is 40.3. The zero-order valence-corrected chi connectivity index (χ0v) is 19.8. The summed E-state index contributed by atoms with van der Waals surface area (Å²) in [5.41, 5.74) is 3.33. The fourth-order valence-electron chi connectivity index (χ4n) is 4.59. The maximum atomic E-state index is 13.1. The van der Waals surface area contributed by atoms with Crippen molar-refractivity contribution >= 4 is 21.2 Å². The highest BCUT2D eigenvalue weighted by Crippen LogP contribution is 2.26. The number of fused-ring (bicyclic) bond motifs is 1. The van der Waals surface area contributed by atoms with Crippen LogP contribution in [-0.2, 0) is 34.2 Å². The molecule has 2 aliphatic heterocycles. The molecule has 168 valence electrons. The lowest BCUT2D eigenvalue weighted by molar-refractivity contribution is 0.192. The minimum atomic E-state index is -3.39. The number of hydrogen-bond donors (Lipinski definition) is 0. The molecule has 1 atom stereocenters. The molecule has 7 heteroatoms. The van der Waals surface area contributed by atoms with Gasteiger partial charge in [0.1, 0.15) is 5.75 Å². The molecule has 0 radical (unpaired) electrons. The highest BCUT2D eigenvalue weighted by atomic mass is 32.2. The summed E-state index contributed by atoms with van der Waals surface area (Å²) in [5, 5.41) is 0. The van der Waals surface area contributed by atoms with Gasteiger partial charge in [0, 0.05) is 18.7 Å². The van der Waals surface area contributed by atoms with Gasteiger partial charge in [-0.2, -0.15) is 4.31 Å². The minimum absolute atomic E-state index is 0.129. The summed E-state index contributed by atoms with van der Waals surface area (Å²) in [7, 11) is -3.39. The van der Waals surface area contributed by atoms with Crippen molar-refractivity contribution < 1.29 is 13.0 Å². The van der Waals surface area contributed by atoms with E-state index in [1.54, 1.807) is 4.31 Å². The van der Waals surface area contributed by atoms with Gasteiger partial charge in [-0.25, -0.2) is 8.42 Å². The summed E-state index contributed by atoms with van der Waals surface area (Å²) in [6.07, 6.45) is 3.34. The average molecular weight is 461 g/mol. The molecule has 2 aromatic rings. The molecule has 0 bridgehead atoms. The molecule has 0 aromatic heterocycles. The van der Waals surface area contributed by atoms with Crippen molar-refractivity contribution in [1.82, 2.24) is 9.21 Å². The van der Waals surface area contributed by atoms with Crippen molar-refractivity contribution in [3.63, 3.8) is 0 Å². The van der Waals surface area contributed by atoms with Crippen LogP contribution in [0.25, 0.3) is 0 Å². The molecular weight excluding hydrogens is 428 g/mol. The Morgan fingerprint density at radius 3 is 2.55 bits per heavy atom. The first kappa shape index (κ1) is 22.8. The molecule has 31 heavy (non-hydrogen) atoms. The van der Waals surface area contributed by atoms with Crippen LogP contribution in [-0.4, -0.2) is 59.9 Å². The largest absolute Gasteiger partial charge is 0.611 e. The van der Waals surface area contributed by atoms with Crippen molar-refractivity contribution in [2.24, 2.45) is 5.92 Å². The van der Waals surface area contributed by atoms with Gasteiger partial charge in [0.2, 0.25) is 10.0 Å². The Balaban J connectivity index is 1.30. The molecule has 4 rings (SSSR count). The van der Waals surface area contributed by atoms with Crippen LogP contribution in [0.3, 0.4) is 0 Å². The van der Waals surface area contributed by atoms with E-state index in [-0.39, 0.29) is 5.75 Å². The number of sulfonamides is 1. The monoisotopic (exact) mass is 460 g/mol. The third-order valence-corrected chi connectivity index (χ3v) is 9.71. The summed E-state index contributed by atoms with van der Waals surface area (Å²) in [5.74, 6) is 1.17. The number of benzene rings is 2. The van der Waals surface area contributed by atoms with E-state index in [0.717, 1.165) is 48.4 Å². The van der Waals surface area contributed by atoms with Gasteiger partial charge < -0.3 is 9.45 Å². The van der Waals surface area contributed by atoms with Gasteiger partial charge in [-0.05, 0) is 74.1 Å². The maximum absolute atomic E-state index is 13.1. The van der Waals surface area contributed by atoms with Crippen LogP contribution in [0.1, 0.15) is 29.5 Å². The fraction of sp³-hybridized carbons (Fsp3) is 0.500. The molecule has 1 fully saturated rings. The highest BCUT2D eigenvalue weighted by Gasteiger charge is 2.31. The van der Waals surface area contributed by atoms with Crippen molar-refractivity contribution in [1.29, 1.82) is 0 Å². The van der Waals surface area contributed by atoms with E-state index in [0.29, 0.717) is 31.3 Å². The standard InChI is InChI=1S/C24H32N2O3S2/c1-20-7-8-24-23(17-20)19-26(13-15-30(24)27)31(28,29)16-14-25-11-9-22(10-12-25)18-21-5-3-2-4-6-21/h2-8,17,22H,9-16,18-19H2,1H3. The second-order valence-corrected chi connectivity index (χ2v) is 12.4. The lowest BCUT2D eigenvalue weighted by Gasteiger charge is -2.32. The lowest BCUT2D eigenvalue weighted by Crippen LogP contribution is -2.41. The molecule has 0 amide bonds. The van der Waals surface area contributed by atoms with Crippen molar-refractivity contribution in [3.05, 3.63) is 65.2 Å². The van der Waals surface area contributed by atoms with Gasteiger partial charge in [0.05, 0.1) is 12.3 Å².